The van der Waals surface area contributed by atoms with Crippen LogP contribution in [0.1, 0.15) is 36.0 Å². The van der Waals surface area contributed by atoms with Crippen LogP contribution < -0.4 is 0 Å². The molecule has 0 fully saturated rings. The van der Waals surface area contributed by atoms with Crippen molar-refractivity contribution in [3.8, 4) is 11.3 Å². The molecule has 2 aromatic carbocycles. The molecule has 5 rings (SSSR count). The summed E-state index contributed by atoms with van der Waals surface area (Å²) in [6.07, 6.45) is 2.17. The summed E-state index contributed by atoms with van der Waals surface area (Å²) in [7, 11) is 0. The molecule has 5 aromatic rings. The average Bonchev–Trinajstić information content (AvgIpc) is 3.29. The number of para-hydroxylation sites is 1. The van der Waals surface area contributed by atoms with Gasteiger partial charge in [0.05, 0.1) is 10.4 Å². The van der Waals surface area contributed by atoms with Gasteiger partial charge in [-0.3, -0.25) is 4.98 Å². The van der Waals surface area contributed by atoms with Crippen molar-refractivity contribution in [1.82, 2.24) is 4.98 Å². The number of rotatable bonds is 2. The third-order valence-corrected chi connectivity index (χ3v) is 6.00. The summed E-state index contributed by atoms with van der Waals surface area (Å²) in [5, 5.41) is 5.37. The van der Waals surface area contributed by atoms with Crippen LogP contribution in [0.2, 0.25) is 0 Å². The van der Waals surface area contributed by atoms with E-state index < -0.39 is 6.85 Å². The highest BCUT2D eigenvalue weighted by atomic mass is 32.1. The van der Waals surface area contributed by atoms with Crippen LogP contribution in [-0.4, -0.2) is 4.98 Å². The number of hydrogen-bond donors (Lipinski definition) is 0. The van der Waals surface area contributed by atoms with Crippen LogP contribution in [-0.2, 0) is 6.42 Å². The van der Waals surface area contributed by atoms with Crippen LogP contribution in [0, 0.1) is 12.3 Å². The number of hydrogen-bond acceptors (Lipinski definition) is 3. The number of nitrogens with zero attached hydrogens (tertiary/aromatic N) is 1. The Hall–Kier alpha value is -2.65. The Morgan fingerprint density at radius 2 is 1.93 bits per heavy atom. The first-order valence-corrected chi connectivity index (χ1v) is 10.3. The van der Waals surface area contributed by atoms with Gasteiger partial charge in [-0.2, -0.15) is 0 Å². The van der Waals surface area contributed by atoms with Gasteiger partial charge in [0, 0.05) is 26.6 Å². The molecule has 3 aromatic heterocycles. The van der Waals surface area contributed by atoms with Crippen LogP contribution in [0.5, 0.6) is 0 Å². The average molecular weight is 389 g/mol. The Balaban J connectivity index is 1.75. The van der Waals surface area contributed by atoms with Crippen LogP contribution >= 0.6 is 11.3 Å². The zero-order valence-electron chi connectivity index (χ0n) is 19.2. The molecule has 0 atom stereocenters. The van der Waals surface area contributed by atoms with Gasteiger partial charge < -0.3 is 4.42 Å². The van der Waals surface area contributed by atoms with E-state index in [2.05, 4.69) is 55.4 Å². The van der Waals surface area contributed by atoms with Gasteiger partial charge in [0.15, 0.2) is 5.58 Å². The predicted octanol–water partition coefficient (Wildman–Crippen LogP) is 7.76. The molecule has 0 radical (unpaired) electrons. The SMILES string of the molecule is [2H]C([2H])([2H])c1cnc(-c2cccc3c2oc2c3ccc3ccsc32)cc1CC(C)(C)C. The van der Waals surface area contributed by atoms with E-state index in [0.717, 1.165) is 43.5 Å². The lowest BCUT2D eigenvalue weighted by Gasteiger charge is -2.20. The van der Waals surface area contributed by atoms with E-state index in [4.69, 9.17) is 8.53 Å². The molecule has 0 amide bonds. The maximum absolute atomic E-state index is 7.94. The Kier molecular flexibility index (Phi) is 3.17. The van der Waals surface area contributed by atoms with Crippen molar-refractivity contribution >= 4 is 43.4 Å². The van der Waals surface area contributed by atoms with Crippen molar-refractivity contribution < 1.29 is 8.53 Å². The van der Waals surface area contributed by atoms with Gasteiger partial charge in [-0.15, -0.1) is 11.3 Å². The van der Waals surface area contributed by atoms with Crippen LogP contribution in [0.25, 0.3) is 43.3 Å². The van der Waals surface area contributed by atoms with Gasteiger partial charge in [-0.1, -0.05) is 39.0 Å². The standard InChI is InChI=1S/C25H23NOS/c1-15-14-26-21(12-17(15)13-25(2,3)4)20-7-5-6-18-19-9-8-16-10-11-28-24(16)23(19)27-22(18)20/h5-12,14H,13H2,1-4H3/i1D3. The zero-order valence-corrected chi connectivity index (χ0v) is 17.0. The second-order valence-electron chi connectivity index (χ2n) is 8.53. The minimum atomic E-state index is -2.19. The highest BCUT2D eigenvalue weighted by molar-refractivity contribution is 7.18. The summed E-state index contributed by atoms with van der Waals surface area (Å²) in [5.41, 5.74) is 4.38. The fourth-order valence-electron chi connectivity index (χ4n) is 3.84. The number of pyridine rings is 1. The molecule has 0 aliphatic heterocycles. The van der Waals surface area contributed by atoms with Crippen molar-refractivity contribution in [2.45, 2.75) is 34.0 Å². The lowest BCUT2D eigenvalue weighted by molar-refractivity contribution is 0.410. The van der Waals surface area contributed by atoms with E-state index in [1.807, 2.05) is 18.2 Å². The number of benzene rings is 2. The van der Waals surface area contributed by atoms with Gasteiger partial charge in [-0.05, 0) is 64.8 Å². The normalized spacial score (nSPS) is 14.5. The largest absolute Gasteiger partial charge is 0.454 e. The summed E-state index contributed by atoms with van der Waals surface area (Å²) in [6, 6.07) is 14.3. The first kappa shape index (κ1) is 14.4. The van der Waals surface area contributed by atoms with E-state index >= 15 is 0 Å². The van der Waals surface area contributed by atoms with Crippen molar-refractivity contribution in [2.75, 3.05) is 0 Å². The van der Waals surface area contributed by atoms with E-state index in [-0.39, 0.29) is 5.41 Å². The monoisotopic (exact) mass is 388 g/mol. The van der Waals surface area contributed by atoms with Gasteiger partial charge in [0.2, 0.25) is 0 Å². The molecule has 0 saturated carbocycles. The third-order valence-electron chi connectivity index (χ3n) is 5.07. The third kappa shape index (κ3) is 2.82. The fraction of sp³-hybridized carbons (Fsp3) is 0.240. The molecule has 3 heterocycles. The molecule has 0 N–H and O–H groups in total. The van der Waals surface area contributed by atoms with Gasteiger partial charge in [0.1, 0.15) is 5.58 Å². The van der Waals surface area contributed by atoms with Gasteiger partial charge >= 0.3 is 0 Å². The topological polar surface area (TPSA) is 26.0 Å². The molecule has 2 nitrogen and oxygen atoms in total. The smallest absolute Gasteiger partial charge is 0.153 e. The van der Waals surface area contributed by atoms with E-state index in [9.17, 15) is 0 Å². The van der Waals surface area contributed by atoms with Crippen LogP contribution in [0.3, 0.4) is 0 Å². The Morgan fingerprint density at radius 1 is 1.07 bits per heavy atom. The number of thiophene rings is 1. The van der Waals surface area contributed by atoms with Crippen molar-refractivity contribution in [3.63, 3.8) is 0 Å². The van der Waals surface area contributed by atoms with E-state index in [0.29, 0.717) is 12.0 Å². The Morgan fingerprint density at radius 3 is 2.75 bits per heavy atom. The second kappa shape index (κ2) is 6.18. The van der Waals surface area contributed by atoms with Crippen molar-refractivity contribution in [1.29, 1.82) is 0 Å². The maximum atomic E-state index is 7.94. The first-order valence-electron chi connectivity index (χ1n) is 10.9. The van der Waals surface area contributed by atoms with E-state index in [1.165, 1.54) is 11.6 Å². The van der Waals surface area contributed by atoms with Crippen LogP contribution in [0.4, 0.5) is 0 Å². The molecule has 3 heteroatoms. The number of furan rings is 1. The lowest BCUT2D eigenvalue weighted by atomic mass is 9.86. The molecule has 0 saturated heterocycles. The van der Waals surface area contributed by atoms with Crippen LogP contribution in [0.15, 0.2) is 58.5 Å². The minimum absolute atomic E-state index is 0.0469. The summed E-state index contributed by atoms with van der Waals surface area (Å²) >= 11 is 1.68. The van der Waals surface area contributed by atoms with Gasteiger partial charge in [0.25, 0.3) is 0 Å². The van der Waals surface area contributed by atoms with E-state index in [1.54, 1.807) is 11.3 Å². The highest BCUT2D eigenvalue weighted by Crippen LogP contribution is 2.40. The molecule has 140 valence electrons. The molecule has 0 spiro atoms. The summed E-state index contributed by atoms with van der Waals surface area (Å²) in [6.45, 7) is 4.15. The first-order chi connectivity index (χ1) is 14.6. The maximum Gasteiger partial charge on any atom is 0.153 e. The quantitative estimate of drug-likeness (QED) is 0.309. The Labute approximate surface area is 173 Å². The van der Waals surface area contributed by atoms with Crippen molar-refractivity contribution in [3.05, 3.63) is 65.2 Å². The molecule has 28 heavy (non-hydrogen) atoms. The highest BCUT2D eigenvalue weighted by Gasteiger charge is 2.18. The molecular formula is C25H23NOS. The Bertz CT molecular complexity index is 1440. The molecular weight excluding hydrogens is 362 g/mol. The molecule has 0 unspecified atom stereocenters. The number of aromatic nitrogens is 1. The lowest BCUT2D eigenvalue weighted by Crippen LogP contribution is -2.10. The number of fused-ring (bicyclic) bond motifs is 5. The zero-order chi connectivity index (χ0) is 22.0. The summed E-state index contributed by atoms with van der Waals surface area (Å²) in [5.74, 6) is 0. The molecule has 0 bridgehead atoms. The number of aryl methyl sites for hydroxylation is 1. The predicted molar refractivity (Wildman–Crippen MR) is 120 cm³/mol. The summed E-state index contributed by atoms with van der Waals surface area (Å²) in [4.78, 5) is 4.56. The molecule has 0 aliphatic carbocycles. The minimum Gasteiger partial charge on any atom is -0.454 e. The van der Waals surface area contributed by atoms with Gasteiger partial charge in [-0.25, -0.2) is 0 Å². The fourth-order valence-corrected chi connectivity index (χ4v) is 4.73. The second-order valence-corrected chi connectivity index (χ2v) is 9.45. The molecule has 0 aliphatic rings. The summed E-state index contributed by atoms with van der Waals surface area (Å²) < 4.78 is 31.4. The van der Waals surface area contributed by atoms with Crippen molar-refractivity contribution in [2.24, 2.45) is 5.41 Å².